The number of hydrogen-bond donors (Lipinski definition) is 1. The fourth-order valence-corrected chi connectivity index (χ4v) is 4.89. The molecule has 0 unspecified atom stereocenters. The summed E-state index contributed by atoms with van der Waals surface area (Å²) in [5.41, 5.74) is 2.08. The van der Waals surface area contributed by atoms with E-state index in [0.717, 1.165) is 15.8 Å². The third-order valence-electron chi connectivity index (χ3n) is 4.36. The Bertz CT molecular complexity index is 1140. The molecule has 0 radical (unpaired) electrons. The summed E-state index contributed by atoms with van der Waals surface area (Å²) in [4.78, 5) is 41.0. The van der Waals surface area contributed by atoms with E-state index in [0.29, 0.717) is 33.6 Å². The Morgan fingerprint density at radius 2 is 1.97 bits per heavy atom. The average molecular weight is 440 g/mol. The van der Waals surface area contributed by atoms with Crippen molar-refractivity contribution in [1.29, 1.82) is 0 Å². The van der Waals surface area contributed by atoms with Gasteiger partial charge in [0.2, 0.25) is 0 Å². The van der Waals surface area contributed by atoms with Crippen LogP contribution in [0.5, 0.6) is 5.75 Å². The molecule has 1 aliphatic heterocycles. The fraction of sp³-hybridized carbons (Fsp3) is 0.167. The SMILES string of the molecule is O=NB(N=O)c1ccc(COc2ccc3nc(C4=N[C@@H](C(=O)O)CS4)sc3c2)cc1. The maximum atomic E-state index is 11.1. The number of rotatable bonds is 8. The summed E-state index contributed by atoms with van der Waals surface area (Å²) < 4.78 is 6.75. The molecule has 9 nitrogen and oxygen atoms in total. The zero-order valence-electron chi connectivity index (χ0n) is 15.3. The number of aliphatic carboxylic acids is 1. The number of thioether (sulfide) groups is 1. The second kappa shape index (κ2) is 8.72. The normalized spacial score (nSPS) is 15.6. The van der Waals surface area contributed by atoms with Crippen molar-refractivity contribution in [1.82, 2.24) is 4.98 Å². The summed E-state index contributed by atoms with van der Waals surface area (Å²) in [5.74, 6) is 0.149. The minimum Gasteiger partial charge on any atom is -0.489 e. The molecule has 1 N–H and O–H groups in total. The highest BCUT2D eigenvalue weighted by atomic mass is 32.2. The van der Waals surface area contributed by atoms with Crippen LogP contribution in [0.15, 0.2) is 57.6 Å². The van der Waals surface area contributed by atoms with Gasteiger partial charge in [-0.15, -0.1) is 23.1 Å². The number of carboxylic acid groups (broad SMARTS) is 1. The molecule has 0 aliphatic carbocycles. The molecule has 0 amide bonds. The summed E-state index contributed by atoms with van der Waals surface area (Å²) >= 11 is 2.84. The summed E-state index contributed by atoms with van der Waals surface area (Å²) in [6, 6.07) is 11.5. The molecule has 30 heavy (non-hydrogen) atoms. The molecular formula is C18H13BN4O5S2. The van der Waals surface area contributed by atoms with Crippen LogP contribution in [0.3, 0.4) is 0 Å². The van der Waals surface area contributed by atoms with E-state index in [-0.39, 0.29) is 0 Å². The van der Waals surface area contributed by atoms with Crippen molar-refractivity contribution in [3.63, 3.8) is 0 Å². The Labute approximate surface area is 178 Å². The third kappa shape index (κ3) is 4.24. The molecule has 150 valence electrons. The van der Waals surface area contributed by atoms with Crippen LogP contribution in [0, 0.1) is 9.81 Å². The molecule has 0 fully saturated rings. The lowest BCUT2D eigenvalue weighted by Crippen LogP contribution is -2.25. The van der Waals surface area contributed by atoms with Crippen LogP contribution in [0.4, 0.5) is 0 Å². The van der Waals surface area contributed by atoms with Crippen LogP contribution in [0.2, 0.25) is 0 Å². The summed E-state index contributed by atoms with van der Waals surface area (Å²) in [5, 5.41) is 15.8. The zero-order chi connectivity index (χ0) is 21.1. The Kier molecular flexibility index (Phi) is 5.86. The number of ether oxygens (including phenoxy) is 1. The van der Waals surface area contributed by atoms with Gasteiger partial charge in [0.05, 0.1) is 10.2 Å². The number of nitrogens with zero attached hydrogens (tertiary/aromatic N) is 4. The Hall–Kier alpha value is -3.12. The Morgan fingerprint density at radius 3 is 2.63 bits per heavy atom. The van der Waals surface area contributed by atoms with E-state index < -0.39 is 19.0 Å². The molecule has 0 saturated carbocycles. The van der Waals surface area contributed by atoms with Crippen LogP contribution < -0.4 is 10.2 Å². The monoisotopic (exact) mass is 440 g/mol. The number of nitroso groups, excluding NO2 is 2. The van der Waals surface area contributed by atoms with Gasteiger partial charge in [-0.3, -0.25) is 4.99 Å². The standard InChI is InChI=1S/C18H13BN4O5S2/c24-18(25)14-9-29-16(21-14)17-20-13-6-5-12(7-15(13)30-17)28-8-10-1-3-11(4-2-10)19(22-26)23-27/h1-7,14H,8-9H2,(H,24,25)/t14-/m1/s1. The van der Waals surface area contributed by atoms with E-state index in [1.165, 1.54) is 23.1 Å². The summed E-state index contributed by atoms with van der Waals surface area (Å²) in [6.45, 7) is -0.940. The topological polar surface area (TPSA) is 131 Å². The summed E-state index contributed by atoms with van der Waals surface area (Å²) in [6.07, 6.45) is 0. The maximum absolute atomic E-state index is 11.1. The van der Waals surface area contributed by atoms with E-state index in [4.69, 9.17) is 9.84 Å². The number of benzene rings is 2. The number of aromatic nitrogens is 1. The lowest BCUT2D eigenvalue weighted by atomic mass is 9.71. The van der Waals surface area contributed by atoms with E-state index in [1.54, 1.807) is 24.3 Å². The lowest BCUT2D eigenvalue weighted by Gasteiger charge is -2.07. The molecule has 2 heterocycles. The van der Waals surface area contributed by atoms with Gasteiger partial charge in [0, 0.05) is 5.75 Å². The zero-order valence-corrected chi connectivity index (χ0v) is 16.9. The quantitative estimate of drug-likeness (QED) is 0.421. The van der Waals surface area contributed by atoms with Crippen molar-refractivity contribution in [2.45, 2.75) is 12.6 Å². The third-order valence-corrected chi connectivity index (χ3v) is 6.57. The van der Waals surface area contributed by atoms with Crippen LogP contribution in [-0.2, 0) is 11.4 Å². The molecule has 0 spiro atoms. The van der Waals surface area contributed by atoms with Gasteiger partial charge < -0.3 is 9.84 Å². The van der Waals surface area contributed by atoms with E-state index >= 15 is 0 Å². The number of carboxylic acids is 1. The average Bonchev–Trinajstić information content (AvgIpc) is 3.41. The molecule has 0 bridgehead atoms. The van der Waals surface area contributed by atoms with Gasteiger partial charge in [0.25, 0.3) is 0 Å². The van der Waals surface area contributed by atoms with Gasteiger partial charge in [-0.05, 0) is 29.2 Å². The smallest absolute Gasteiger partial charge is 0.489 e. The van der Waals surface area contributed by atoms with Crippen molar-refractivity contribution in [2.24, 2.45) is 15.2 Å². The van der Waals surface area contributed by atoms with Gasteiger partial charge in [-0.2, -0.15) is 9.81 Å². The van der Waals surface area contributed by atoms with E-state index in [1.807, 2.05) is 18.2 Å². The minimum absolute atomic E-state index is 0.300. The first-order valence-electron chi connectivity index (χ1n) is 8.78. The number of fused-ring (bicyclic) bond motifs is 1. The molecule has 0 saturated heterocycles. The molecule has 3 aromatic rings. The van der Waals surface area contributed by atoms with Gasteiger partial charge in [0.15, 0.2) is 6.04 Å². The number of thiazole rings is 1. The second-order valence-corrected chi connectivity index (χ2v) is 8.40. The van der Waals surface area contributed by atoms with Crippen LogP contribution in [0.25, 0.3) is 10.2 Å². The lowest BCUT2D eigenvalue weighted by molar-refractivity contribution is -0.137. The molecule has 1 aliphatic rings. The predicted molar refractivity (Wildman–Crippen MR) is 118 cm³/mol. The largest absolute Gasteiger partial charge is 0.548 e. The molecule has 4 rings (SSSR count). The molecule has 12 heteroatoms. The van der Waals surface area contributed by atoms with Crippen LogP contribution in [0.1, 0.15) is 10.6 Å². The highest BCUT2D eigenvalue weighted by Gasteiger charge is 2.27. The number of aliphatic imine (C=N–C) groups is 1. The van der Waals surface area contributed by atoms with E-state index in [2.05, 4.69) is 20.2 Å². The molecule has 1 atom stereocenters. The van der Waals surface area contributed by atoms with Gasteiger partial charge >= 0.3 is 13.0 Å². The number of hydrogen-bond acceptors (Lipinski definition) is 10. The predicted octanol–water partition coefficient (Wildman–Crippen LogP) is 3.05. The van der Waals surface area contributed by atoms with Crippen molar-refractivity contribution in [3.05, 3.63) is 62.8 Å². The van der Waals surface area contributed by atoms with Gasteiger partial charge in [0.1, 0.15) is 22.4 Å². The van der Waals surface area contributed by atoms with Crippen molar-refractivity contribution in [3.8, 4) is 5.75 Å². The van der Waals surface area contributed by atoms with Crippen LogP contribution >= 0.6 is 23.1 Å². The molecule has 2 aromatic carbocycles. The first-order valence-corrected chi connectivity index (χ1v) is 10.6. The van der Waals surface area contributed by atoms with Crippen molar-refractivity contribution in [2.75, 3.05) is 5.75 Å². The van der Waals surface area contributed by atoms with Crippen molar-refractivity contribution < 1.29 is 14.6 Å². The van der Waals surface area contributed by atoms with Crippen LogP contribution in [-0.4, -0.2) is 39.9 Å². The van der Waals surface area contributed by atoms with E-state index in [9.17, 15) is 14.6 Å². The highest BCUT2D eigenvalue weighted by Crippen LogP contribution is 2.31. The highest BCUT2D eigenvalue weighted by molar-refractivity contribution is 8.15. The second-order valence-electron chi connectivity index (χ2n) is 6.36. The maximum Gasteiger partial charge on any atom is 0.548 e. The Morgan fingerprint density at radius 1 is 1.20 bits per heavy atom. The fourth-order valence-electron chi connectivity index (χ4n) is 2.80. The molecular weight excluding hydrogens is 427 g/mol. The first-order chi connectivity index (χ1) is 14.6. The Balaban J connectivity index is 1.45. The minimum atomic E-state index is -1.24. The van der Waals surface area contributed by atoms with Gasteiger partial charge in [-0.1, -0.05) is 34.4 Å². The summed E-state index contributed by atoms with van der Waals surface area (Å²) in [7, 11) is 0. The van der Waals surface area contributed by atoms with Crippen molar-refractivity contribution >= 4 is 56.8 Å². The van der Waals surface area contributed by atoms with Gasteiger partial charge in [-0.25, -0.2) is 9.78 Å². The first kappa shape index (κ1) is 20.2. The number of carbonyl (C=O) groups is 1. The molecule has 1 aromatic heterocycles.